The van der Waals surface area contributed by atoms with Gasteiger partial charge in [0.05, 0.1) is 18.0 Å². The van der Waals surface area contributed by atoms with E-state index < -0.39 is 0 Å². The van der Waals surface area contributed by atoms with Crippen LogP contribution in [0.1, 0.15) is 18.1 Å². The van der Waals surface area contributed by atoms with Crippen LogP contribution in [0.2, 0.25) is 0 Å². The van der Waals surface area contributed by atoms with E-state index in [4.69, 9.17) is 9.84 Å². The van der Waals surface area contributed by atoms with Gasteiger partial charge in [0, 0.05) is 31.5 Å². The van der Waals surface area contributed by atoms with Gasteiger partial charge in [-0.1, -0.05) is 36.4 Å². The number of benzene rings is 1. The third kappa shape index (κ3) is 4.54. The van der Waals surface area contributed by atoms with Crippen molar-refractivity contribution >= 4 is 11.3 Å². The molecule has 0 bridgehead atoms. The van der Waals surface area contributed by atoms with Crippen LogP contribution in [0.15, 0.2) is 54.0 Å². The lowest BCUT2D eigenvalue weighted by atomic mass is 10.2. The highest BCUT2D eigenvalue weighted by molar-refractivity contribution is 7.13. The minimum Gasteiger partial charge on any atom is -0.380 e. The zero-order chi connectivity index (χ0) is 16.6. The predicted octanol–water partition coefficient (Wildman–Crippen LogP) is 3.79. The van der Waals surface area contributed by atoms with Crippen molar-refractivity contribution in [1.82, 2.24) is 15.1 Å². The Bertz CT molecular complexity index is 722. The SMILES string of the molecule is CCOCCNCc1cn(Cc2ccccc2)nc1-c1cccs1. The van der Waals surface area contributed by atoms with Gasteiger partial charge in [-0.3, -0.25) is 4.68 Å². The molecule has 0 saturated heterocycles. The molecule has 0 aliphatic rings. The zero-order valence-corrected chi connectivity index (χ0v) is 14.8. The van der Waals surface area contributed by atoms with Crippen LogP contribution in [0.5, 0.6) is 0 Å². The standard InChI is InChI=1S/C19H23N3OS/c1-2-23-11-10-20-13-17-15-22(14-16-7-4-3-5-8-16)21-19(17)18-9-6-12-24-18/h3-9,12,15,20H,2,10-11,13-14H2,1H3. The van der Waals surface area contributed by atoms with E-state index in [1.54, 1.807) is 11.3 Å². The first kappa shape index (κ1) is 16.9. The molecule has 24 heavy (non-hydrogen) atoms. The number of rotatable bonds is 9. The summed E-state index contributed by atoms with van der Waals surface area (Å²) in [5, 5.41) is 10.4. The lowest BCUT2D eigenvalue weighted by Crippen LogP contribution is -2.19. The van der Waals surface area contributed by atoms with Gasteiger partial charge in [-0.25, -0.2) is 0 Å². The summed E-state index contributed by atoms with van der Waals surface area (Å²) in [5.41, 5.74) is 3.56. The van der Waals surface area contributed by atoms with Crippen molar-refractivity contribution < 1.29 is 4.74 Å². The number of nitrogens with zero attached hydrogens (tertiary/aromatic N) is 2. The zero-order valence-electron chi connectivity index (χ0n) is 13.9. The van der Waals surface area contributed by atoms with Crippen LogP contribution in [0, 0.1) is 0 Å². The van der Waals surface area contributed by atoms with Gasteiger partial charge >= 0.3 is 0 Å². The van der Waals surface area contributed by atoms with Crippen LogP contribution in [-0.4, -0.2) is 29.5 Å². The summed E-state index contributed by atoms with van der Waals surface area (Å²) in [6.45, 7) is 5.96. The average molecular weight is 341 g/mol. The molecule has 0 unspecified atom stereocenters. The van der Waals surface area contributed by atoms with Gasteiger partial charge in [0.2, 0.25) is 0 Å². The number of ether oxygens (including phenoxy) is 1. The lowest BCUT2D eigenvalue weighted by Gasteiger charge is -2.04. The molecular formula is C19H23N3OS. The molecule has 0 aliphatic heterocycles. The second-order valence-corrected chi connectivity index (χ2v) is 6.48. The Labute approximate surface area is 147 Å². The van der Waals surface area contributed by atoms with E-state index in [1.807, 2.05) is 17.7 Å². The van der Waals surface area contributed by atoms with E-state index in [0.29, 0.717) is 0 Å². The first-order valence-electron chi connectivity index (χ1n) is 8.29. The molecule has 5 heteroatoms. The van der Waals surface area contributed by atoms with Crippen molar-refractivity contribution in [2.45, 2.75) is 20.0 Å². The van der Waals surface area contributed by atoms with Crippen LogP contribution < -0.4 is 5.32 Å². The van der Waals surface area contributed by atoms with Gasteiger partial charge in [-0.15, -0.1) is 11.3 Å². The summed E-state index contributed by atoms with van der Waals surface area (Å²) in [6, 6.07) is 14.6. The van der Waals surface area contributed by atoms with Gasteiger partial charge in [-0.2, -0.15) is 5.10 Å². The summed E-state index contributed by atoms with van der Waals surface area (Å²) in [5.74, 6) is 0. The fourth-order valence-corrected chi connectivity index (χ4v) is 3.32. The van der Waals surface area contributed by atoms with Crippen molar-refractivity contribution in [1.29, 1.82) is 0 Å². The Morgan fingerprint density at radius 2 is 2.04 bits per heavy atom. The van der Waals surface area contributed by atoms with Gasteiger partial charge < -0.3 is 10.1 Å². The van der Waals surface area contributed by atoms with Gasteiger partial charge in [0.25, 0.3) is 0 Å². The van der Waals surface area contributed by atoms with E-state index in [1.165, 1.54) is 16.0 Å². The summed E-state index contributed by atoms with van der Waals surface area (Å²) in [4.78, 5) is 1.21. The number of thiophene rings is 1. The average Bonchev–Trinajstić information content (AvgIpc) is 3.25. The Hall–Kier alpha value is -1.95. The maximum Gasteiger partial charge on any atom is 0.107 e. The minimum absolute atomic E-state index is 0.739. The van der Waals surface area contributed by atoms with Crippen molar-refractivity contribution in [3.63, 3.8) is 0 Å². The molecule has 0 fully saturated rings. The molecule has 2 heterocycles. The maximum atomic E-state index is 5.38. The Balaban J connectivity index is 1.73. The Morgan fingerprint density at radius 1 is 1.17 bits per heavy atom. The van der Waals surface area contributed by atoms with Gasteiger partial charge in [0.1, 0.15) is 5.69 Å². The smallest absolute Gasteiger partial charge is 0.107 e. The normalized spacial score (nSPS) is 11.0. The fourth-order valence-electron chi connectivity index (χ4n) is 2.58. The van der Waals surface area contributed by atoms with E-state index in [0.717, 1.165) is 38.5 Å². The van der Waals surface area contributed by atoms with Crippen LogP contribution >= 0.6 is 11.3 Å². The van der Waals surface area contributed by atoms with Gasteiger partial charge in [-0.05, 0) is 23.9 Å². The molecule has 1 N–H and O–H groups in total. The maximum absolute atomic E-state index is 5.38. The molecule has 3 rings (SSSR count). The highest BCUT2D eigenvalue weighted by Crippen LogP contribution is 2.26. The van der Waals surface area contributed by atoms with Crippen molar-refractivity contribution in [2.75, 3.05) is 19.8 Å². The summed E-state index contributed by atoms with van der Waals surface area (Å²) in [7, 11) is 0. The summed E-state index contributed by atoms with van der Waals surface area (Å²) < 4.78 is 7.41. The molecule has 0 aliphatic carbocycles. The monoisotopic (exact) mass is 341 g/mol. The van der Waals surface area contributed by atoms with Crippen LogP contribution in [-0.2, 0) is 17.8 Å². The van der Waals surface area contributed by atoms with Gasteiger partial charge in [0.15, 0.2) is 0 Å². The molecule has 0 saturated carbocycles. The van der Waals surface area contributed by atoms with E-state index in [2.05, 4.69) is 53.3 Å². The molecule has 0 spiro atoms. The molecule has 1 aromatic carbocycles. The summed E-state index contributed by atoms with van der Waals surface area (Å²) in [6.07, 6.45) is 2.15. The number of nitrogens with one attached hydrogen (secondary N) is 1. The van der Waals surface area contributed by atoms with E-state index in [9.17, 15) is 0 Å². The fraction of sp³-hybridized carbons (Fsp3) is 0.316. The molecule has 2 aromatic heterocycles. The molecule has 4 nitrogen and oxygen atoms in total. The van der Waals surface area contributed by atoms with E-state index in [-0.39, 0.29) is 0 Å². The molecule has 0 atom stereocenters. The minimum atomic E-state index is 0.739. The third-order valence-electron chi connectivity index (χ3n) is 3.72. The van der Waals surface area contributed by atoms with E-state index >= 15 is 0 Å². The van der Waals surface area contributed by atoms with Crippen LogP contribution in [0.4, 0.5) is 0 Å². The largest absolute Gasteiger partial charge is 0.380 e. The Kier molecular flexibility index (Phi) is 6.18. The second-order valence-electron chi connectivity index (χ2n) is 5.54. The molecule has 126 valence electrons. The number of aromatic nitrogens is 2. The first-order valence-corrected chi connectivity index (χ1v) is 9.17. The second kappa shape index (κ2) is 8.78. The third-order valence-corrected chi connectivity index (χ3v) is 4.60. The molecule has 3 aromatic rings. The molecule has 0 radical (unpaired) electrons. The number of hydrogen-bond donors (Lipinski definition) is 1. The highest BCUT2D eigenvalue weighted by Gasteiger charge is 2.12. The number of hydrogen-bond acceptors (Lipinski definition) is 4. The lowest BCUT2D eigenvalue weighted by molar-refractivity contribution is 0.149. The van der Waals surface area contributed by atoms with Crippen LogP contribution in [0.25, 0.3) is 10.6 Å². The molecule has 0 amide bonds. The van der Waals surface area contributed by atoms with Crippen molar-refractivity contribution in [2.24, 2.45) is 0 Å². The predicted molar refractivity (Wildman–Crippen MR) is 99.3 cm³/mol. The molecular weight excluding hydrogens is 318 g/mol. The van der Waals surface area contributed by atoms with Crippen molar-refractivity contribution in [3.05, 3.63) is 65.2 Å². The highest BCUT2D eigenvalue weighted by atomic mass is 32.1. The summed E-state index contributed by atoms with van der Waals surface area (Å²) >= 11 is 1.73. The quantitative estimate of drug-likeness (QED) is 0.602. The first-order chi connectivity index (χ1) is 11.9. The van der Waals surface area contributed by atoms with Crippen molar-refractivity contribution in [3.8, 4) is 10.6 Å². The van der Waals surface area contributed by atoms with Crippen LogP contribution in [0.3, 0.4) is 0 Å². The topological polar surface area (TPSA) is 39.1 Å². The Morgan fingerprint density at radius 3 is 2.79 bits per heavy atom.